The normalized spacial score (nSPS) is 12.6. The Bertz CT molecular complexity index is 1510. The number of halogens is 1. The summed E-state index contributed by atoms with van der Waals surface area (Å²) in [5.41, 5.74) is 2.22. The Labute approximate surface area is 205 Å². The molecular weight excluding hydrogens is 463 g/mol. The van der Waals surface area contributed by atoms with Crippen LogP contribution in [0.2, 0.25) is 0 Å². The Morgan fingerprint density at radius 2 is 1.53 bits per heavy atom. The molecule has 7 nitrogen and oxygen atoms in total. The average molecular weight is 482 g/mol. The maximum Gasteiger partial charge on any atom is 0.338 e. The third-order valence-corrected chi connectivity index (χ3v) is 5.94. The van der Waals surface area contributed by atoms with Crippen LogP contribution < -0.4 is 10.2 Å². The molecule has 0 bridgehead atoms. The van der Waals surface area contributed by atoms with Crippen molar-refractivity contribution in [3.63, 3.8) is 0 Å². The molecule has 1 N–H and O–H groups in total. The Kier molecular flexibility index (Phi) is 5.77. The highest BCUT2D eigenvalue weighted by Gasteiger charge is 2.33. The highest BCUT2D eigenvalue weighted by Crippen LogP contribution is 2.32. The molecule has 0 spiro atoms. The lowest BCUT2D eigenvalue weighted by molar-refractivity contribution is -0.119. The zero-order valence-electron chi connectivity index (χ0n) is 19.1. The van der Waals surface area contributed by atoms with Crippen molar-refractivity contribution in [3.8, 4) is 0 Å². The van der Waals surface area contributed by atoms with E-state index >= 15 is 0 Å². The molecule has 3 amide bonds. The van der Waals surface area contributed by atoms with E-state index in [1.807, 2.05) is 12.1 Å². The standard InChI is InChI=1S/C28H19FN2O5/c1-16-8-11-19(29)14-23(16)30-24(32)15-36-28(35)18-9-12-20(13-10-18)31-26(33)21-6-2-4-17-5-3-7-22(25(17)21)27(31)34/h2-14H,15H2,1H3,(H,30,32). The number of aryl methyl sites for hydroxylation is 1. The van der Waals surface area contributed by atoms with Gasteiger partial charge in [0.2, 0.25) is 0 Å². The van der Waals surface area contributed by atoms with Crippen LogP contribution in [0.15, 0.2) is 78.9 Å². The first kappa shape index (κ1) is 22.9. The summed E-state index contributed by atoms with van der Waals surface area (Å²) < 4.78 is 18.4. The van der Waals surface area contributed by atoms with Crippen LogP contribution in [0.5, 0.6) is 0 Å². The summed E-state index contributed by atoms with van der Waals surface area (Å²) >= 11 is 0. The predicted molar refractivity (Wildman–Crippen MR) is 132 cm³/mol. The topological polar surface area (TPSA) is 92.8 Å². The highest BCUT2D eigenvalue weighted by molar-refractivity contribution is 6.35. The highest BCUT2D eigenvalue weighted by atomic mass is 19.1. The summed E-state index contributed by atoms with van der Waals surface area (Å²) in [6, 6.07) is 20.3. The van der Waals surface area contributed by atoms with Crippen molar-refractivity contribution in [2.24, 2.45) is 0 Å². The molecule has 0 saturated heterocycles. The maximum atomic E-state index is 13.4. The predicted octanol–water partition coefficient (Wildman–Crippen LogP) is 4.88. The van der Waals surface area contributed by atoms with E-state index in [9.17, 15) is 23.6 Å². The third-order valence-electron chi connectivity index (χ3n) is 5.94. The van der Waals surface area contributed by atoms with Crippen LogP contribution >= 0.6 is 0 Å². The van der Waals surface area contributed by atoms with Gasteiger partial charge in [-0.25, -0.2) is 14.1 Å². The summed E-state index contributed by atoms with van der Waals surface area (Å²) in [7, 11) is 0. The summed E-state index contributed by atoms with van der Waals surface area (Å²) in [4.78, 5) is 51.9. The minimum absolute atomic E-state index is 0.132. The van der Waals surface area contributed by atoms with Gasteiger partial charge in [0.25, 0.3) is 17.7 Å². The van der Waals surface area contributed by atoms with Crippen molar-refractivity contribution >= 4 is 45.8 Å². The Hall–Kier alpha value is -4.85. The molecule has 4 aromatic carbocycles. The first-order chi connectivity index (χ1) is 17.3. The molecule has 0 radical (unpaired) electrons. The number of carbonyl (C=O) groups excluding carboxylic acids is 4. The fourth-order valence-electron chi connectivity index (χ4n) is 4.14. The summed E-state index contributed by atoms with van der Waals surface area (Å²) in [6.45, 7) is 1.14. The lowest BCUT2D eigenvalue weighted by atomic mass is 9.94. The van der Waals surface area contributed by atoms with Crippen LogP contribution in [0.3, 0.4) is 0 Å². The van der Waals surface area contributed by atoms with Crippen molar-refractivity contribution in [2.45, 2.75) is 6.92 Å². The van der Waals surface area contributed by atoms with Crippen LogP contribution in [0.1, 0.15) is 36.6 Å². The quantitative estimate of drug-likeness (QED) is 0.323. The Balaban J connectivity index is 1.29. The number of esters is 1. The molecular formula is C28H19FN2O5. The third kappa shape index (κ3) is 4.09. The monoisotopic (exact) mass is 482 g/mol. The van der Waals surface area contributed by atoms with Crippen molar-refractivity contribution in [2.75, 3.05) is 16.8 Å². The van der Waals surface area contributed by atoms with Crippen molar-refractivity contribution in [3.05, 3.63) is 107 Å². The van der Waals surface area contributed by atoms with Crippen LogP contribution in [0.4, 0.5) is 15.8 Å². The summed E-state index contributed by atoms with van der Waals surface area (Å²) in [5.74, 6) is -2.79. The van der Waals surface area contributed by atoms with E-state index in [-0.39, 0.29) is 11.3 Å². The van der Waals surface area contributed by atoms with Gasteiger partial charge in [-0.3, -0.25) is 14.4 Å². The molecule has 5 rings (SSSR count). The maximum absolute atomic E-state index is 13.4. The molecule has 0 unspecified atom stereocenters. The van der Waals surface area contributed by atoms with Gasteiger partial charge in [-0.2, -0.15) is 0 Å². The number of hydrogen-bond donors (Lipinski definition) is 1. The number of hydrogen-bond acceptors (Lipinski definition) is 5. The molecule has 0 atom stereocenters. The van der Waals surface area contributed by atoms with E-state index in [1.54, 1.807) is 31.2 Å². The molecule has 0 aromatic heterocycles. The molecule has 0 fully saturated rings. The second-order valence-corrected chi connectivity index (χ2v) is 8.29. The largest absolute Gasteiger partial charge is 0.452 e. The molecule has 1 aliphatic heterocycles. The van der Waals surface area contributed by atoms with Gasteiger partial charge in [0, 0.05) is 22.2 Å². The molecule has 36 heavy (non-hydrogen) atoms. The van der Waals surface area contributed by atoms with Gasteiger partial charge in [-0.15, -0.1) is 0 Å². The van der Waals surface area contributed by atoms with Crippen LogP contribution in [-0.2, 0) is 9.53 Å². The summed E-state index contributed by atoms with van der Waals surface area (Å²) in [5, 5.41) is 3.93. The lowest BCUT2D eigenvalue weighted by Crippen LogP contribution is -2.40. The van der Waals surface area contributed by atoms with Gasteiger partial charge in [-0.05, 0) is 66.4 Å². The molecule has 1 aliphatic rings. The van der Waals surface area contributed by atoms with Crippen LogP contribution in [0.25, 0.3) is 10.8 Å². The van der Waals surface area contributed by atoms with E-state index < -0.39 is 36.1 Å². The minimum atomic E-state index is -0.765. The average Bonchev–Trinajstić information content (AvgIpc) is 2.88. The number of imide groups is 1. The Morgan fingerprint density at radius 1 is 0.889 bits per heavy atom. The second-order valence-electron chi connectivity index (χ2n) is 8.29. The van der Waals surface area contributed by atoms with Gasteiger partial charge in [0.1, 0.15) is 5.82 Å². The van der Waals surface area contributed by atoms with Gasteiger partial charge in [0.05, 0.1) is 11.3 Å². The molecule has 1 heterocycles. The first-order valence-electron chi connectivity index (χ1n) is 11.1. The van der Waals surface area contributed by atoms with E-state index in [0.717, 1.165) is 10.3 Å². The summed E-state index contributed by atoms with van der Waals surface area (Å²) in [6.07, 6.45) is 0. The van der Waals surface area contributed by atoms with Gasteiger partial charge < -0.3 is 10.1 Å². The lowest BCUT2D eigenvalue weighted by Gasteiger charge is -2.27. The number of anilines is 2. The molecule has 0 saturated carbocycles. The van der Waals surface area contributed by atoms with Crippen LogP contribution in [-0.4, -0.2) is 30.3 Å². The van der Waals surface area contributed by atoms with Gasteiger partial charge in [0.15, 0.2) is 6.61 Å². The number of ether oxygens (including phenoxy) is 1. The Morgan fingerprint density at radius 3 is 2.17 bits per heavy atom. The van der Waals surface area contributed by atoms with Crippen molar-refractivity contribution < 1.29 is 28.3 Å². The van der Waals surface area contributed by atoms with Crippen LogP contribution in [0, 0.1) is 12.7 Å². The SMILES string of the molecule is Cc1ccc(F)cc1NC(=O)COC(=O)c1ccc(N2C(=O)c3cccc4cccc(c34)C2=O)cc1. The van der Waals surface area contributed by atoms with E-state index in [4.69, 9.17) is 4.74 Å². The number of amides is 3. The number of nitrogens with zero attached hydrogens (tertiary/aromatic N) is 1. The smallest absolute Gasteiger partial charge is 0.338 e. The zero-order chi connectivity index (χ0) is 25.4. The van der Waals surface area contributed by atoms with E-state index in [0.29, 0.717) is 27.8 Å². The number of carbonyl (C=O) groups is 4. The molecule has 8 heteroatoms. The van der Waals surface area contributed by atoms with Crippen molar-refractivity contribution in [1.29, 1.82) is 0 Å². The molecule has 4 aromatic rings. The fourth-order valence-corrected chi connectivity index (χ4v) is 4.14. The number of benzene rings is 4. The minimum Gasteiger partial charge on any atom is -0.452 e. The van der Waals surface area contributed by atoms with Crippen molar-refractivity contribution in [1.82, 2.24) is 0 Å². The van der Waals surface area contributed by atoms with E-state index in [2.05, 4.69) is 5.32 Å². The zero-order valence-corrected chi connectivity index (χ0v) is 19.1. The van der Waals surface area contributed by atoms with Gasteiger partial charge >= 0.3 is 5.97 Å². The fraction of sp³-hybridized carbons (Fsp3) is 0.0714. The second kappa shape index (κ2) is 9.07. The molecule has 0 aliphatic carbocycles. The van der Waals surface area contributed by atoms with Gasteiger partial charge in [-0.1, -0.05) is 30.3 Å². The van der Waals surface area contributed by atoms with E-state index in [1.165, 1.54) is 42.5 Å². The first-order valence-corrected chi connectivity index (χ1v) is 11.1. The number of rotatable bonds is 5. The molecule has 178 valence electrons. The number of nitrogens with one attached hydrogen (secondary N) is 1.